The summed E-state index contributed by atoms with van der Waals surface area (Å²) in [5.74, 6) is -2.24. The SMILES string of the molecule is CCn1c(=O)oc2cc(S(=O)(=O)N3CC(C(=O)O)CCC3C)ccc21. The summed E-state index contributed by atoms with van der Waals surface area (Å²) in [6.45, 7) is 3.92. The fraction of sp³-hybridized carbons (Fsp3) is 0.500. The highest BCUT2D eigenvalue weighted by Crippen LogP contribution is 2.29. The predicted molar refractivity (Wildman–Crippen MR) is 89.9 cm³/mol. The van der Waals surface area contributed by atoms with Crippen LogP contribution in [0.15, 0.2) is 32.3 Å². The fourth-order valence-electron chi connectivity index (χ4n) is 3.25. The third kappa shape index (κ3) is 2.98. The van der Waals surface area contributed by atoms with E-state index in [2.05, 4.69) is 0 Å². The molecule has 1 aliphatic rings. The van der Waals surface area contributed by atoms with Crippen LogP contribution in [0.2, 0.25) is 0 Å². The summed E-state index contributed by atoms with van der Waals surface area (Å²) in [7, 11) is -3.88. The van der Waals surface area contributed by atoms with E-state index in [1.165, 1.54) is 21.0 Å². The van der Waals surface area contributed by atoms with E-state index in [0.717, 1.165) is 0 Å². The van der Waals surface area contributed by atoms with Crippen LogP contribution in [0.5, 0.6) is 0 Å². The zero-order valence-corrected chi connectivity index (χ0v) is 14.8. The lowest BCUT2D eigenvalue weighted by atomic mass is 9.96. The van der Waals surface area contributed by atoms with Crippen LogP contribution in [-0.2, 0) is 21.4 Å². The van der Waals surface area contributed by atoms with Gasteiger partial charge in [0.05, 0.1) is 16.3 Å². The Balaban J connectivity index is 2.03. The summed E-state index contributed by atoms with van der Waals surface area (Å²) in [5.41, 5.74) is 0.730. The molecule has 1 aliphatic heterocycles. The van der Waals surface area contributed by atoms with Gasteiger partial charge in [0.1, 0.15) is 0 Å². The summed E-state index contributed by atoms with van der Waals surface area (Å²) >= 11 is 0. The summed E-state index contributed by atoms with van der Waals surface area (Å²) in [6.07, 6.45) is 0.940. The van der Waals surface area contributed by atoms with Crippen LogP contribution in [0, 0.1) is 5.92 Å². The van der Waals surface area contributed by atoms with Crippen molar-refractivity contribution in [1.82, 2.24) is 8.87 Å². The summed E-state index contributed by atoms with van der Waals surface area (Å²) in [5, 5.41) is 9.21. The fourth-order valence-corrected chi connectivity index (χ4v) is 4.98. The Kier molecular flexibility index (Phi) is 4.46. The average Bonchev–Trinajstić information content (AvgIpc) is 2.88. The topological polar surface area (TPSA) is 110 Å². The molecule has 1 fully saturated rings. The van der Waals surface area contributed by atoms with Crippen molar-refractivity contribution in [2.45, 2.75) is 44.2 Å². The standard InChI is InChI=1S/C16H20N2O6S/c1-3-17-13-7-6-12(8-14(13)24-16(17)21)25(22,23)18-9-11(15(19)20)5-4-10(18)2/h6-8,10-11H,3-5,9H2,1-2H3,(H,19,20). The Morgan fingerprint density at radius 2 is 2.08 bits per heavy atom. The number of hydrogen-bond acceptors (Lipinski definition) is 5. The zero-order chi connectivity index (χ0) is 18.4. The van der Waals surface area contributed by atoms with Crippen molar-refractivity contribution in [2.75, 3.05) is 6.54 Å². The molecule has 0 saturated carbocycles. The van der Waals surface area contributed by atoms with E-state index in [4.69, 9.17) is 4.42 Å². The number of aliphatic carboxylic acids is 1. The molecule has 0 spiro atoms. The lowest BCUT2D eigenvalue weighted by Gasteiger charge is -2.35. The molecule has 2 unspecified atom stereocenters. The number of hydrogen-bond donors (Lipinski definition) is 1. The van der Waals surface area contributed by atoms with E-state index < -0.39 is 27.7 Å². The first-order chi connectivity index (χ1) is 11.8. The number of carbonyl (C=O) groups is 1. The van der Waals surface area contributed by atoms with Crippen LogP contribution in [0.4, 0.5) is 0 Å². The van der Waals surface area contributed by atoms with Gasteiger partial charge in [-0.15, -0.1) is 0 Å². The highest BCUT2D eigenvalue weighted by Gasteiger charge is 2.37. The minimum atomic E-state index is -3.88. The third-order valence-corrected chi connectivity index (χ3v) is 6.71. The molecule has 1 N–H and O–H groups in total. The maximum atomic E-state index is 13.0. The molecular formula is C16H20N2O6S. The highest BCUT2D eigenvalue weighted by molar-refractivity contribution is 7.89. The van der Waals surface area contributed by atoms with Gasteiger partial charge < -0.3 is 9.52 Å². The van der Waals surface area contributed by atoms with E-state index in [-0.39, 0.29) is 23.1 Å². The smallest absolute Gasteiger partial charge is 0.419 e. The molecule has 25 heavy (non-hydrogen) atoms. The molecule has 136 valence electrons. The second-order valence-electron chi connectivity index (χ2n) is 6.28. The van der Waals surface area contributed by atoms with Gasteiger partial charge in [-0.2, -0.15) is 4.31 Å². The number of sulfonamides is 1. The molecule has 8 nitrogen and oxygen atoms in total. The first-order valence-corrected chi connectivity index (χ1v) is 9.57. The number of piperidine rings is 1. The number of fused-ring (bicyclic) bond motifs is 1. The van der Waals surface area contributed by atoms with Crippen LogP contribution >= 0.6 is 0 Å². The van der Waals surface area contributed by atoms with Gasteiger partial charge in [-0.1, -0.05) is 0 Å². The summed E-state index contributed by atoms with van der Waals surface area (Å²) < 4.78 is 33.7. The van der Waals surface area contributed by atoms with Gasteiger partial charge in [-0.25, -0.2) is 13.2 Å². The van der Waals surface area contributed by atoms with Crippen LogP contribution < -0.4 is 5.76 Å². The van der Waals surface area contributed by atoms with Crippen molar-refractivity contribution in [3.8, 4) is 0 Å². The molecule has 2 heterocycles. The number of rotatable bonds is 4. The number of carboxylic acids is 1. The molecule has 1 saturated heterocycles. The zero-order valence-electron chi connectivity index (χ0n) is 14.0. The largest absolute Gasteiger partial charge is 0.481 e. The van der Waals surface area contributed by atoms with E-state index in [0.29, 0.717) is 24.9 Å². The number of carboxylic acid groups (broad SMARTS) is 1. The van der Waals surface area contributed by atoms with Gasteiger partial charge in [0.25, 0.3) is 0 Å². The van der Waals surface area contributed by atoms with Crippen LogP contribution in [-0.4, -0.2) is 41.0 Å². The lowest BCUT2D eigenvalue weighted by Crippen LogP contribution is -2.47. The molecule has 1 aromatic heterocycles. The summed E-state index contributed by atoms with van der Waals surface area (Å²) in [4.78, 5) is 23.0. The first-order valence-electron chi connectivity index (χ1n) is 8.13. The molecule has 0 aliphatic carbocycles. The second kappa shape index (κ2) is 6.30. The Hall–Kier alpha value is -2.13. The molecule has 9 heteroatoms. The van der Waals surface area contributed by atoms with E-state index in [9.17, 15) is 23.1 Å². The molecule has 0 amide bonds. The number of oxazole rings is 1. The average molecular weight is 368 g/mol. The van der Waals surface area contributed by atoms with Crippen LogP contribution in [0.1, 0.15) is 26.7 Å². The van der Waals surface area contributed by atoms with Gasteiger partial charge in [-0.05, 0) is 38.8 Å². The number of aromatic nitrogens is 1. The van der Waals surface area contributed by atoms with E-state index in [1.54, 1.807) is 19.9 Å². The van der Waals surface area contributed by atoms with Crippen molar-refractivity contribution in [1.29, 1.82) is 0 Å². The molecule has 0 bridgehead atoms. The van der Waals surface area contributed by atoms with Gasteiger partial charge in [-0.3, -0.25) is 9.36 Å². The van der Waals surface area contributed by atoms with E-state index >= 15 is 0 Å². The maximum absolute atomic E-state index is 13.0. The molecule has 2 atom stereocenters. The maximum Gasteiger partial charge on any atom is 0.419 e. The normalized spacial score (nSPS) is 22.3. The Morgan fingerprint density at radius 1 is 1.36 bits per heavy atom. The van der Waals surface area contributed by atoms with Crippen molar-refractivity contribution in [2.24, 2.45) is 5.92 Å². The van der Waals surface area contributed by atoms with Crippen molar-refractivity contribution in [3.05, 3.63) is 28.7 Å². The first kappa shape index (κ1) is 17.7. The number of nitrogens with zero attached hydrogens (tertiary/aromatic N) is 2. The molecular weight excluding hydrogens is 348 g/mol. The van der Waals surface area contributed by atoms with Gasteiger partial charge in [0.15, 0.2) is 5.58 Å². The lowest BCUT2D eigenvalue weighted by molar-refractivity contribution is -0.143. The highest BCUT2D eigenvalue weighted by atomic mass is 32.2. The van der Waals surface area contributed by atoms with Gasteiger partial charge in [0, 0.05) is 25.2 Å². The number of aryl methyl sites for hydroxylation is 1. The molecule has 3 rings (SSSR count). The van der Waals surface area contributed by atoms with Gasteiger partial charge in [0.2, 0.25) is 10.0 Å². The van der Waals surface area contributed by atoms with Crippen LogP contribution in [0.25, 0.3) is 11.1 Å². The monoisotopic (exact) mass is 368 g/mol. The molecule has 2 aromatic rings. The van der Waals surface area contributed by atoms with Crippen molar-refractivity contribution >= 4 is 27.1 Å². The van der Waals surface area contributed by atoms with E-state index in [1.807, 2.05) is 0 Å². The van der Waals surface area contributed by atoms with Gasteiger partial charge >= 0.3 is 11.7 Å². The molecule has 0 radical (unpaired) electrons. The predicted octanol–water partition coefficient (Wildman–Crippen LogP) is 1.49. The summed E-state index contributed by atoms with van der Waals surface area (Å²) in [6, 6.07) is 4.01. The second-order valence-corrected chi connectivity index (χ2v) is 8.17. The third-order valence-electron chi connectivity index (χ3n) is 4.74. The quantitative estimate of drug-likeness (QED) is 0.875. The number of benzene rings is 1. The minimum absolute atomic E-state index is 0.00473. The Bertz CT molecular complexity index is 974. The van der Waals surface area contributed by atoms with Crippen LogP contribution in [0.3, 0.4) is 0 Å². The Labute approximate surface area is 144 Å². The Morgan fingerprint density at radius 3 is 2.72 bits per heavy atom. The molecule has 1 aromatic carbocycles. The van der Waals surface area contributed by atoms with Crippen molar-refractivity contribution < 1.29 is 22.7 Å². The van der Waals surface area contributed by atoms with Crippen molar-refractivity contribution in [3.63, 3.8) is 0 Å². The minimum Gasteiger partial charge on any atom is -0.481 e.